The van der Waals surface area contributed by atoms with Crippen molar-refractivity contribution in [2.45, 2.75) is 31.6 Å². The topological polar surface area (TPSA) is 102 Å². The van der Waals surface area contributed by atoms with Gasteiger partial charge >= 0.3 is 0 Å². The van der Waals surface area contributed by atoms with Gasteiger partial charge < -0.3 is 14.6 Å². The van der Waals surface area contributed by atoms with Crippen LogP contribution >= 0.6 is 0 Å². The van der Waals surface area contributed by atoms with E-state index in [4.69, 9.17) is 9.26 Å². The third-order valence-corrected chi connectivity index (χ3v) is 7.19. The fraction of sp³-hybridized carbons (Fsp3) is 0.429. The first-order chi connectivity index (χ1) is 14.4. The van der Waals surface area contributed by atoms with E-state index >= 15 is 0 Å². The summed E-state index contributed by atoms with van der Waals surface area (Å²) in [6.45, 7) is 4.60. The van der Waals surface area contributed by atoms with Crippen LogP contribution in [0.5, 0.6) is 5.75 Å². The zero-order valence-corrected chi connectivity index (χ0v) is 18.2. The lowest BCUT2D eigenvalue weighted by atomic mass is 9.97. The Kier molecular flexibility index (Phi) is 6.94. The third kappa shape index (κ3) is 4.57. The summed E-state index contributed by atoms with van der Waals surface area (Å²) < 4.78 is 38.9. The second kappa shape index (κ2) is 9.44. The number of hydrogen-bond acceptors (Lipinski definition) is 6. The minimum absolute atomic E-state index is 0.0511. The molecular weight excluding hydrogens is 406 g/mol. The Bertz CT molecular complexity index is 1020. The quantitative estimate of drug-likeness (QED) is 0.720. The lowest BCUT2D eigenvalue weighted by Gasteiger charge is -2.30. The fourth-order valence-electron chi connectivity index (χ4n) is 3.56. The van der Waals surface area contributed by atoms with Gasteiger partial charge in [0.15, 0.2) is 10.7 Å². The zero-order chi connectivity index (χ0) is 21.7. The summed E-state index contributed by atoms with van der Waals surface area (Å²) in [7, 11) is -2.21. The normalized spacial score (nSPS) is 16.1. The van der Waals surface area contributed by atoms with Crippen molar-refractivity contribution in [1.82, 2.24) is 14.8 Å². The molecule has 1 aromatic heterocycles. The van der Waals surface area contributed by atoms with Crippen LogP contribution < -0.4 is 10.1 Å². The van der Waals surface area contributed by atoms with Gasteiger partial charge in [0, 0.05) is 31.6 Å². The second-order valence-corrected chi connectivity index (χ2v) is 8.93. The summed E-state index contributed by atoms with van der Waals surface area (Å²) in [5.74, 6) is 0.657. The molecule has 162 valence electrons. The molecule has 0 aliphatic carbocycles. The molecule has 2 heterocycles. The van der Waals surface area contributed by atoms with Crippen molar-refractivity contribution >= 4 is 28.1 Å². The maximum atomic E-state index is 13.3. The molecule has 1 aliphatic rings. The van der Waals surface area contributed by atoms with Gasteiger partial charge in [0.25, 0.3) is 0 Å². The van der Waals surface area contributed by atoms with E-state index in [0.29, 0.717) is 30.9 Å². The number of amides is 1. The molecule has 3 rings (SSSR count). The Morgan fingerprint density at radius 2 is 2.00 bits per heavy atom. The highest BCUT2D eigenvalue weighted by molar-refractivity contribution is 7.89. The van der Waals surface area contributed by atoms with Crippen molar-refractivity contribution in [3.05, 3.63) is 41.3 Å². The monoisotopic (exact) mass is 433 g/mol. The van der Waals surface area contributed by atoms with E-state index < -0.39 is 10.0 Å². The van der Waals surface area contributed by atoms with Gasteiger partial charge in [-0.05, 0) is 44.9 Å². The summed E-state index contributed by atoms with van der Waals surface area (Å²) in [6, 6.07) is 7.48. The van der Waals surface area contributed by atoms with Crippen LogP contribution in [0.15, 0.2) is 33.7 Å². The van der Waals surface area contributed by atoms with E-state index in [1.165, 1.54) is 4.31 Å². The van der Waals surface area contributed by atoms with E-state index in [1.54, 1.807) is 26.1 Å². The molecule has 1 fully saturated rings. The molecule has 0 atom stereocenters. The Hall–Kier alpha value is -2.65. The molecule has 30 heavy (non-hydrogen) atoms. The van der Waals surface area contributed by atoms with Crippen molar-refractivity contribution in [3.8, 4) is 5.75 Å². The summed E-state index contributed by atoms with van der Waals surface area (Å²) in [4.78, 5) is 11.9. The van der Waals surface area contributed by atoms with Crippen molar-refractivity contribution < 1.29 is 22.5 Å². The number of ether oxygens (including phenoxy) is 1. The number of para-hydroxylation sites is 1. The Morgan fingerprint density at radius 1 is 1.30 bits per heavy atom. The van der Waals surface area contributed by atoms with Crippen LogP contribution in [-0.4, -0.2) is 50.5 Å². The number of nitrogens with one attached hydrogen (secondary N) is 1. The number of carbonyl (C=O) groups is 1. The number of hydrogen-bond donors (Lipinski definition) is 1. The lowest BCUT2D eigenvalue weighted by molar-refractivity contribution is -0.125. The standard InChI is InChI=1S/C21H27N3O5S/c1-4-28-18-8-6-5-7-16(18)9-10-19-20(15(2)23-29-19)30(26,27)24-13-11-17(12-14-24)21(25)22-3/h5-10,17H,4,11-14H2,1-3H3,(H,22,25)/b10-9+. The number of aromatic nitrogens is 1. The number of piperidine rings is 1. The van der Waals surface area contributed by atoms with Crippen LogP contribution in [0.1, 0.15) is 36.8 Å². The SMILES string of the molecule is CCOc1ccccc1/C=C/c1onc(C)c1S(=O)(=O)N1CCC(C(=O)NC)CC1. The highest BCUT2D eigenvalue weighted by Gasteiger charge is 2.35. The molecule has 9 heteroatoms. The average Bonchev–Trinajstić information content (AvgIpc) is 3.14. The number of nitrogens with zero attached hydrogens (tertiary/aromatic N) is 2. The number of benzene rings is 1. The number of rotatable bonds is 7. The number of carbonyl (C=O) groups excluding carboxylic acids is 1. The van der Waals surface area contributed by atoms with Gasteiger partial charge in [-0.3, -0.25) is 4.79 Å². The third-order valence-electron chi connectivity index (χ3n) is 5.14. The summed E-state index contributed by atoms with van der Waals surface area (Å²) in [6.07, 6.45) is 4.32. The Balaban J connectivity index is 1.85. The Labute approximate surface area is 176 Å². The van der Waals surface area contributed by atoms with Crippen molar-refractivity contribution in [3.63, 3.8) is 0 Å². The van der Waals surface area contributed by atoms with Crippen LogP contribution in [0.2, 0.25) is 0 Å². The molecule has 0 saturated carbocycles. The van der Waals surface area contributed by atoms with E-state index in [2.05, 4.69) is 10.5 Å². The highest BCUT2D eigenvalue weighted by atomic mass is 32.2. The lowest BCUT2D eigenvalue weighted by Crippen LogP contribution is -2.42. The summed E-state index contributed by atoms with van der Waals surface area (Å²) in [5, 5.41) is 6.51. The second-order valence-electron chi connectivity index (χ2n) is 7.06. The minimum Gasteiger partial charge on any atom is -0.493 e. The maximum Gasteiger partial charge on any atom is 0.248 e. The number of sulfonamides is 1. The summed E-state index contributed by atoms with van der Waals surface area (Å²) in [5.41, 5.74) is 1.12. The van der Waals surface area contributed by atoms with E-state index in [1.807, 2.05) is 31.2 Å². The zero-order valence-electron chi connectivity index (χ0n) is 17.4. The van der Waals surface area contributed by atoms with Crippen molar-refractivity contribution in [1.29, 1.82) is 0 Å². The molecular formula is C21H27N3O5S. The molecule has 0 unspecified atom stereocenters. The summed E-state index contributed by atoms with van der Waals surface area (Å²) >= 11 is 0. The van der Waals surface area contributed by atoms with Gasteiger partial charge in [-0.1, -0.05) is 23.4 Å². The predicted octanol–water partition coefficient (Wildman–Crippen LogP) is 2.70. The van der Waals surface area contributed by atoms with Gasteiger partial charge in [0.1, 0.15) is 11.4 Å². The van der Waals surface area contributed by atoms with Gasteiger partial charge in [0.2, 0.25) is 15.9 Å². The van der Waals surface area contributed by atoms with Crippen LogP contribution in [0.3, 0.4) is 0 Å². The van der Waals surface area contributed by atoms with Crippen molar-refractivity contribution in [2.75, 3.05) is 26.7 Å². The van der Waals surface area contributed by atoms with Gasteiger partial charge in [-0.2, -0.15) is 4.31 Å². The van der Waals surface area contributed by atoms with Gasteiger partial charge in [0.05, 0.1) is 6.61 Å². The molecule has 0 radical (unpaired) electrons. The first-order valence-corrected chi connectivity index (χ1v) is 11.4. The first-order valence-electron chi connectivity index (χ1n) is 9.96. The van der Waals surface area contributed by atoms with Crippen molar-refractivity contribution in [2.24, 2.45) is 5.92 Å². The molecule has 8 nitrogen and oxygen atoms in total. The van der Waals surface area contributed by atoms with E-state index in [9.17, 15) is 13.2 Å². The molecule has 1 aliphatic heterocycles. The average molecular weight is 434 g/mol. The van der Waals surface area contributed by atoms with Crippen LogP contribution in [-0.2, 0) is 14.8 Å². The van der Waals surface area contributed by atoms with E-state index in [0.717, 1.165) is 5.56 Å². The fourth-order valence-corrected chi connectivity index (χ4v) is 5.28. The van der Waals surface area contributed by atoms with Gasteiger partial charge in [-0.15, -0.1) is 0 Å². The number of aryl methyl sites for hydroxylation is 1. The molecule has 2 aromatic rings. The molecule has 0 spiro atoms. The molecule has 1 aromatic carbocycles. The molecule has 0 bridgehead atoms. The Morgan fingerprint density at radius 3 is 2.67 bits per heavy atom. The molecule has 1 N–H and O–H groups in total. The van der Waals surface area contributed by atoms with Crippen LogP contribution in [0.4, 0.5) is 0 Å². The minimum atomic E-state index is -3.80. The molecule has 1 saturated heterocycles. The van der Waals surface area contributed by atoms with Crippen LogP contribution in [0.25, 0.3) is 12.2 Å². The highest BCUT2D eigenvalue weighted by Crippen LogP contribution is 2.30. The first kappa shape index (κ1) is 22.0. The predicted molar refractivity (Wildman–Crippen MR) is 113 cm³/mol. The van der Waals surface area contributed by atoms with Gasteiger partial charge in [-0.25, -0.2) is 8.42 Å². The molecule has 1 amide bonds. The smallest absolute Gasteiger partial charge is 0.248 e. The maximum absolute atomic E-state index is 13.3. The van der Waals surface area contributed by atoms with Crippen LogP contribution in [0, 0.1) is 12.8 Å². The van der Waals surface area contributed by atoms with E-state index in [-0.39, 0.29) is 35.6 Å². The largest absolute Gasteiger partial charge is 0.493 e.